The first-order chi connectivity index (χ1) is 8.00. The summed E-state index contributed by atoms with van der Waals surface area (Å²) >= 11 is 0. The zero-order valence-electron chi connectivity index (χ0n) is 12.6. The first kappa shape index (κ1) is 13.4. The van der Waals surface area contributed by atoms with Crippen molar-refractivity contribution < 1.29 is 0 Å². The standard InChI is InChI=1S/C17H32/c1-6-14(15-11-13(15)4)16-9-7-8-10-17(16,5)12(2)3/h12-16H,6-11H2,1-5H3. The normalized spacial score (nSPS) is 43.8. The van der Waals surface area contributed by atoms with E-state index in [0.29, 0.717) is 5.41 Å². The molecule has 0 radical (unpaired) electrons. The monoisotopic (exact) mass is 236 g/mol. The van der Waals surface area contributed by atoms with E-state index in [0.717, 1.165) is 29.6 Å². The highest BCUT2D eigenvalue weighted by atomic mass is 14.5. The van der Waals surface area contributed by atoms with Gasteiger partial charge in [-0.25, -0.2) is 0 Å². The van der Waals surface area contributed by atoms with Crippen molar-refractivity contribution in [2.75, 3.05) is 0 Å². The van der Waals surface area contributed by atoms with E-state index in [4.69, 9.17) is 0 Å². The van der Waals surface area contributed by atoms with Crippen LogP contribution in [0.25, 0.3) is 0 Å². The van der Waals surface area contributed by atoms with Gasteiger partial charge < -0.3 is 0 Å². The second kappa shape index (κ2) is 4.94. The van der Waals surface area contributed by atoms with Crippen LogP contribution in [-0.2, 0) is 0 Å². The van der Waals surface area contributed by atoms with Gasteiger partial charge in [-0.05, 0) is 54.3 Å². The maximum absolute atomic E-state index is 2.59. The van der Waals surface area contributed by atoms with Crippen LogP contribution in [0.1, 0.15) is 73.1 Å². The minimum Gasteiger partial charge on any atom is -0.0651 e. The Morgan fingerprint density at radius 3 is 2.35 bits per heavy atom. The highest BCUT2D eigenvalue weighted by Gasteiger charge is 2.49. The molecule has 2 saturated carbocycles. The van der Waals surface area contributed by atoms with Gasteiger partial charge in [0.05, 0.1) is 0 Å². The predicted octanol–water partition coefficient (Wildman–Crippen LogP) is 5.52. The van der Waals surface area contributed by atoms with E-state index < -0.39 is 0 Å². The molecule has 5 atom stereocenters. The van der Waals surface area contributed by atoms with E-state index in [-0.39, 0.29) is 0 Å². The summed E-state index contributed by atoms with van der Waals surface area (Å²) in [6, 6.07) is 0. The quantitative estimate of drug-likeness (QED) is 0.603. The molecule has 0 N–H and O–H groups in total. The second-order valence-corrected chi connectivity index (χ2v) is 7.46. The van der Waals surface area contributed by atoms with Crippen LogP contribution in [0.2, 0.25) is 0 Å². The fraction of sp³-hybridized carbons (Fsp3) is 1.00. The van der Waals surface area contributed by atoms with Crippen LogP contribution in [0.4, 0.5) is 0 Å². The first-order valence-electron chi connectivity index (χ1n) is 8.00. The van der Waals surface area contributed by atoms with Crippen LogP contribution in [-0.4, -0.2) is 0 Å². The van der Waals surface area contributed by atoms with Crippen molar-refractivity contribution in [3.05, 3.63) is 0 Å². The minimum absolute atomic E-state index is 0.626. The molecular formula is C17H32. The van der Waals surface area contributed by atoms with E-state index in [1.165, 1.54) is 38.5 Å². The first-order valence-corrected chi connectivity index (χ1v) is 8.00. The van der Waals surface area contributed by atoms with Crippen molar-refractivity contribution in [2.24, 2.45) is 35.0 Å². The van der Waals surface area contributed by atoms with Crippen molar-refractivity contribution in [1.82, 2.24) is 0 Å². The molecule has 5 unspecified atom stereocenters. The number of hydrogen-bond acceptors (Lipinski definition) is 0. The Morgan fingerprint density at radius 1 is 1.24 bits per heavy atom. The van der Waals surface area contributed by atoms with Crippen molar-refractivity contribution in [3.63, 3.8) is 0 Å². The summed E-state index contributed by atoms with van der Waals surface area (Å²) in [7, 11) is 0. The fourth-order valence-corrected chi connectivity index (χ4v) is 4.64. The van der Waals surface area contributed by atoms with Crippen molar-refractivity contribution in [1.29, 1.82) is 0 Å². The molecule has 17 heavy (non-hydrogen) atoms. The topological polar surface area (TPSA) is 0 Å². The Kier molecular flexibility index (Phi) is 3.90. The summed E-state index contributed by atoms with van der Waals surface area (Å²) in [4.78, 5) is 0. The average molecular weight is 236 g/mol. The lowest BCUT2D eigenvalue weighted by Crippen LogP contribution is -2.40. The van der Waals surface area contributed by atoms with E-state index >= 15 is 0 Å². The average Bonchev–Trinajstić information content (AvgIpc) is 2.99. The molecule has 0 nitrogen and oxygen atoms in total. The maximum atomic E-state index is 2.59. The van der Waals surface area contributed by atoms with Gasteiger partial charge in [0.15, 0.2) is 0 Å². The zero-order valence-corrected chi connectivity index (χ0v) is 12.6. The van der Waals surface area contributed by atoms with Gasteiger partial charge in [-0.15, -0.1) is 0 Å². The molecule has 0 amide bonds. The second-order valence-electron chi connectivity index (χ2n) is 7.46. The molecule has 0 bridgehead atoms. The lowest BCUT2D eigenvalue weighted by Gasteiger charge is -2.48. The van der Waals surface area contributed by atoms with Gasteiger partial charge in [0.2, 0.25) is 0 Å². The van der Waals surface area contributed by atoms with Gasteiger partial charge in [0, 0.05) is 0 Å². The zero-order chi connectivity index (χ0) is 12.6. The number of hydrogen-bond donors (Lipinski definition) is 0. The summed E-state index contributed by atoms with van der Waals surface area (Å²) in [5.74, 6) is 4.99. The molecule has 100 valence electrons. The van der Waals surface area contributed by atoms with Gasteiger partial charge in [0.1, 0.15) is 0 Å². The summed E-state index contributed by atoms with van der Waals surface area (Å²) in [5, 5.41) is 0. The molecule has 0 spiro atoms. The lowest BCUT2D eigenvalue weighted by atomic mass is 9.57. The molecule has 0 saturated heterocycles. The molecule has 2 fully saturated rings. The smallest absolute Gasteiger partial charge is 0.0272 e. The third-order valence-corrected chi connectivity index (χ3v) is 6.36. The SMILES string of the molecule is CCC(C1CC1C)C1CCCCC1(C)C(C)C. The molecule has 0 aromatic rings. The predicted molar refractivity (Wildman–Crippen MR) is 76.0 cm³/mol. The molecule has 2 aliphatic rings. The van der Waals surface area contributed by atoms with Crippen molar-refractivity contribution in [3.8, 4) is 0 Å². The van der Waals surface area contributed by atoms with E-state index in [9.17, 15) is 0 Å². The molecule has 2 rings (SSSR count). The maximum Gasteiger partial charge on any atom is -0.0272 e. The van der Waals surface area contributed by atoms with Crippen LogP contribution in [0.15, 0.2) is 0 Å². The summed E-state index contributed by atoms with van der Waals surface area (Å²) in [6.07, 6.45) is 8.89. The third kappa shape index (κ3) is 2.42. The molecule has 0 aromatic carbocycles. The Labute approximate surface area is 109 Å². The Bertz CT molecular complexity index is 255. The Morgan fingerprint density at radius 2 is 1.88 bits per heavy atom. The minimum atomic E-state index is 0.626. The van der Waals surface area contributed by atoms with E-state index in [1.807, 2.05) is 0 Å². The summed E-state index contributed by atoms with van der Waals surface area (Å²) in [5.41, 5.74) is 0.626. The molecule has 0 heterocycles. The molecule has 0 aromatic heterocycles. The molecular weight excluding hydrogens is 204 g/mol. The largest absolute Gasteiger partial charge is 0.0651 e. The van der Waals surface area contributed by atoms with Gasteiger partial charge in [-0.3, -0.25) is 0 Å². The van der Waals surface area contributed by atoms with Gasteiger partial charge in [-0.2, -0.15) is 0 Å². The number of rotatable bonds is 4. The van der Waals surface area contributed by atoms with Crippen molar-refractivity contribution >= 4 is 0 Å². The van der Waals surface area contributed by atoms with Crippen LogP contribution in [0, 0.1) is 35.0 Å². The summed E-state index contributed by atoms with van der Waals surface area (Å²) < 4.78 is 0. The van der Waals surface area contributed by atoms with Crippen LogP contribution >= 0.6 is 0 Å². The van der Waals surface area contributed by atoms with E-state index in [1.54, 1.807) is 0 Å². The molecule has 2 aliphatic carbocycles. The molecule has 0 aliphatic heterocycles. The highest BCUT2D eigenvalue weighted by molar-refractivity contribution is 4.98. The van der Waals surface area contributed by atoms with Gasteiger partial charge in [-0.1, -0.05) is 53.9 Å². The van der Waals surface area contributed by atoms with Gasteiger partial charge in [0.25, 0.3) is 0 Å². The lowest BCUT2D eigenvalue weighted by molar-refractivity contribution is 0.00918. The van der Waals surface area contributed by atoms with E-state index in [2.05, 4.69) is 34.6 Å². The van der Waals surface area contributed by atoms with Crippen LogP contribution < -0.4 is 0 Å². The van der Waals surface area contributed by atoms with Crippen LogP contribution in [0.5, 0.6) is 0 Å². The van der Waals surface area contributed by atoms with Crippen molar-refractivity contribution in [2.45, 2.75) is 73.1 Å². The molecule has 0 heteroatoms. The Hall–Kier alpha value is 0. The van der Waals surface area contributed by atoms with Gasteiger partial charge >= 0.3 is 0 Å². The van der Waals surface area contributed by atoms with Crippen LogP contribution in [0.3, 0.4) is 0 Å². The fourth-order valence-electron chi connectivity index (χ4n) is 4.64. The highest BCUT2D eigenvalue weighted by Crippen LogP contribution is 2.57. The summed E-state index contributed by atoms with van der Waals surface area (Å²) in [6.45, 7) is 12.4. The Balaban J connectivity index is 2.14. The third-order valence-electron chi connectivity index (χ3n) is 6.36.